The Hall–Kier alpha value is -1.31. The molecule has 0 aliphatic heterocycles. The molecule has 4 heteroatoms. The largest absolute Gasteiger partial charge is 0.384 e. The SMILES string of the molecule is CCC(NC(=O)c1csc(C#CCO)c1)C(C)C. The molecule has 1 amide bonds. The van der Waals surface area contributed by atoms with Crippen LogP contribution in [0.15, 0.2) is 11.4 Å². The number of rotatable bonds is 4. The summed E-state index contributed by atoms with van der Waals surface area (Å²) in [6.07, 6.45) is 0.921. The molecule has 1 aromatic rings. The van der Waals surface area contributed by atoms with Gasteiger partial charge in [0.1, 0.15) is 6.61 Å². The van der Waals surface area contributed by atoms with Gasteiger partial charge >= 0.3 is 0 Å². The van der Waals surface area contributed by atoms with Crippen LogP contribution in [0.25, 0.3) is 0 Å². The van der Waals surface area contributed by atoms with Crippen LogP contribution in [0.1, 0.15) is 42.4 Å². The summed E-state index contributed by atoms with van der Waals surface area (Å²) in [4.78, 5) is 12.8. The number of aliphatic hydroxyl groups excluding tert-OH is 1. The first kappa shape index (κ1) is 14.7. The van der Waals surface area contributed by atoms with Crippen LogP contribution in [-0.4, -0.2) is 23.7 Å². The minimum absolute atomic E-state index is 0.0520. The highest BCUT2D eigenvalue weighted by Crippen LogP contribution is 2.14. The summed E-state index contributed by atoms with van der Waals surface area (Å²) >= 11 is 1.42. The van der Waals surface area contributed by atoms with Crippen LogP contribution < -0.4 is 5.32 Å². The second kappa shape index (κ2) is 7.20. The number of amides is 1. The molecule has 0 spiro atoms. The summed E-state index contributed by atoms with van der Waals surface area (Å²) in [5.74, 6) is 5.74. The summed E-state index contributed by atoms with van der Waals surface area (Å²) in [6.45, 7) is 6.10. The Morgan fingerprint density at radius 3 is 2.83 bits per heavy atom. The average Bonchev–Trinajstić information content (AvgIpc) is 2.81. The molecule has 18 heavy (non-hydrogen) atoms. The van der Waals surface area contributed by atoms with Gasteiger partial charge in [-0.05, 0) is 18.4 Å². The van der Waals surface area contributed by atoms with E-state index in [9.17, 15) is 4.79 Å². The number of nitrogens with one attached hydrogen (secondary N) is 1. The summed E-state index contributed by atoms with van der Waals surface area (Å²) in [6, 6.07) is 1.96. The van der Waals surface area contributed by atoms with E-state index in [1.165, 1.54) is 11.3 Å². The van der Waals surface area contributed by atoms with Gasteiger partial charge in [-0.25, -0.2) is 0 Å². The van der Waals surface area contributed by atoms with E-state index in [-0.39, 0.29) is 18.6 Å². The van der Waals surface area contributed by atoms with Crippen molar-refractivity contribution >= 4 is 17.2 Å². The van der Waals surface area contributed by atoms with Crippen molar-refractivity contribution in [3.8, 4) is 11.8 Å². The van der Waals surface area contributed by atoms with Crippen LogP contribution >= 0.6 is 11.3 Å². The van der Waals surface area contributed by atoms with Gasteiger partial charge in [-0.1, -0.05) is 32.6 Å². The number of hydrogen-bond donors (Lipinski definition) is 2. The van der Waals surface area contributed by atoms with Gasteiger partial charge in [-0.3, -0.25) is 4.79 Å². The second-order valence-corrected chi connectivity index (χ2v) is 5.30. The summed E-state index contributed by atoms with van der Waals surface area (Å²) in [5, 5.41) is 13.4. The highest BCUT2D eigenvalue weighted by molar-refractivity contribution is 7.10. The molecule has 1 rings (SSSR count). The third-order valence-electron chi connectivity index (χ3n) is 2.71. The molecule has 0 bridgehead atoms. The summed E-state index contributed by atoms with van der Waals surface area (Å²) < 4.78 is 0. The highest BCUT2D eigenvalue weighted by atomic mass is 32.1. The number of hydrogen-bond acceptors (Lipinski definition) is 3. The molecule has 1 unspecified atom stereocenters. The van der Waals surface area contributed by atoms with Gasteiger partial charge in [0.15, 0.2) is 0 Å². The maximum atomic E-state index is 12.0. The topological polar surface area (TPSA) is 49.3 Å². The molecule has 1 aromatic heterocycles. The Balaban J connectivity index is 2.69. The van der Waals surface area contributed by atoms with Crippen LogP contribution in [0.4, 0.5) is 0 Å². The van der Waals surface area contributed by atoms with E-state index in [1.54, 1.807) is 11.4 Å². The lowest BCUT2D eigenvalue weighted by molar-refractivity contribution is 0.0925. The van der Waals surface area contributed by atoms with Gasteiger partial charge in [0.2, 0.25) is 0 Å². The third kappa shape index (κ3) is 4.17. The number of carbonyl (C=O) groups is 1. The fourth-order valence-corrected chi connectivity index (χ4v) is 2.39. The Morgan fingerprint density at radius 1 is 1.56 bits per heavy atom. The van der Waals surface area contributed by atoms with Crippen molar-refractivity contribution in [2.24, 2.45) is 5.92 Å². The Bertz CT molecular complexity index is 454. The monoisotopic (exact) mass is 265 g/mol. The van der Waals surface area contributed by atoms with Crippen molar-refractivity contribution in [1.82, 2.24) is 5.32 Å². The number of thiophene rings is 1. The lowest BCUT2D eigenvalue weighted by Gasteiger charge is -2.20. The normalized spacial score (nSPS) is 11.8. The molecule has 0 radical (unpaired) electrons. The molecule has 0 saturated heterocycles. The summed E-state index contributed by atoms with van der Waals surface area (Å²) in [7, 11) is 0. The zero-order chi connectivity index (χ0) is 13.5. The fraction of sp³-hybridized carbons (Fsp3) is 0.500. The van der Waals surface area contributed by atoms with Crippen molar-refractivity contribution < 1.29 is 9.90 Å². The second-order valence-electron chi connectivity index (χ2n) is 4.39. The molecule has 0 aromatic carbocycles. The zero-order valence-electron chi connectivity index (χ0n) is 11.0. The van der Waals surface area contributed by atoms with E-state index in [2.05, 4.69) is 37.9 Å². The van der Waals surface area contributed by atoms with Crippen LogP contribution in [0.3, 0.4) is 0 Å². The van der Waals surface area contributed by atoms with Gasteiger partial charge in [0, 0.05) is 11.4 Å². The van der Waals surface area contributed by atoms with E-state index in [4.69, 9.17) is 5.11 Å². The van der Waals surface area contributed by atoms with Crippen LogP contribution in [0, 0.1) is 17.8 Å². The van der Waals surface area contributed by atoms with E-state index in [0.29, 0.717) is 11.5 Å². The third-order valence-corrected chi connectivity index (χ3v) is 3.56. The smallest absolute Gasteiger partial charge is 0.252 e. The Morgan fingerprint density at radius 2 is 2.28 bits per heavy atom. The van der Waals surface area contributed by atoms with Crippen LogP contribution in [-0.2, 0) is 0 Å². The fourth-order valence-electron chi connectivity index (χ4n) is 1.64. The van der Waals surface area contributed by atoms with Crippen molar-refractivity contribution in [3.63, 3.8) is 0 Å². The van der Waals surface area contributed by atoms with Crippen LogP contribution in [0.5, 0.6) is 0 Å². The van der Waals surface area contributed by atoms with E-state index in [0.717, 1.165) is 11.3 Å². The maximum Gasteiger partial charge on any atom is 0.252 e. The van der Waals surface area contributed by atoms with Gasteiger partial charge in [0.05, 0.1) is 10.4 Å². The van der Waals surface area contributed by atoms with Crippen molar-refractivity contribution in [2.75, 3.05) is 6.61 Å². The molecule has 0 fully saturated rings. The predicted octanol–water partition coefficient (Wildman–Crippen LogP) is 2.26. The van der Waals surface area contributed by atoms with Crippen molar-refractivity contribution in [2.45, 2.75) is 33.2 Å². The van der Waals surface area contributed by atoms with E-state index in [1.807, 2.05) is 0 Å². The first-order valence-electron chi connectivity index (χ1n) is 6.07. The first-order chi connectivity index (χ1) is 8.58. The molecule has 3 nitrogen and oxygen atoms in total. The lowest BCUT2D eigenvalue weighted by Crippen LogP contribution is -2.37. The van der Waals surface area contributed by atoms with Gasteiger partial charge in [-0.15, -0.1) is 11.3 Å². The Kier molecular flexibility index (Phi) is 5.90. The number of aliphatic hydroxyl groups is 1. The minimum Gasteiger partial charge on any atom is -0.384 e. The first-order valence-corrected chi connectivity index (χ1v) is 6.95. The molecule has 98 valence electrons. The molecular weight excluding hydrogens is 246 g/mol. The molecular formula is C14H19NO2S. The molecule has 0 saturated carbocycles. The van der Waals surface area contributed by atoms with Gasteiger partial charge in [-0.2, -0.15) is 0 Å². The molecule has 0 aliphatic carbocycles. The standard InChI is InChI=1S/C14H19NO2S/c1-4-13(10(2)3)15-14(17)11-8-12(18-9-11)6-5-7-16/h8-10,13,16H,4,7H2,1-3H3,(H,15,17). The van der Waals surface area contributed by atoms with Crippen molar-refractivity contribution in [3.05, 3.63) is 21.9 Å². The minimum atomic E-state index is -0.162. The van der Waals surface area contributed by atoms with Crippen molar-refractivity contribution in [1.29, 1.82) is 0 Å². The van der Waals surface area contributed by atoms with Gasteiger partial charge < -0.3 is 10.4 Å². The molecule has 1 heterocycles. The molecule has 0 aliphatic rings. The zero-order valence-corrected chi connectivity index (χ0v) is 11.8. The predicted molar refractivity (Wildman–Crippen MR) is 74.7 cm³/mol. The molecule has 2 N–H and O–H groups in total. The lowest BCUT2D eigenvalue weighted by atomic mass is 10.0. The maximum absolute atomic E-state index is 12.0. The highest BCUT2D eigenvalue weighted by Gasteiger charge is 2.15. The summed E-state index contributed by atoms with van der Waals surface area (Å²) in [5.41, 5.74) is 0.640. The van der Waals surface area contributed by atoms with E-state index >= 15 is 0 Å². The number of carbonyl (C=O) groups excluding carboxylic acids is 1. The van der Waals surface area contributed by atoms with Crippen LogP contribution in [0.2, 0.25) is 0 Å². The Labute approximate surface area is 112 Å². The quantitative estimate of drug-likeness (QED) is 0.820. The molecule has 1 atom stereocenters. The average molecular weight is 265 g/mol. The van der Waals surface area contributed by atoms with E-state index < -0.39 is 0 Å². The van der Waals surface area contributed by atoms with Gasteiger partial charge in [0.25, 0.3) is 5.91 Å².